The van der Waals surface area contributed by atoms with Crippen molar-refractivity contribution in [3.63, 3.8) is 0 Å². The standard InChI is InChI=1S/C16H20BClO3S/c1-15(2)16(3,4)21-17(20-15)13(10-22)6-11-5-12(9-19)8-14(18)7-11/h5-9,22H,10H2,1-4H3. The average molecular weight is 339 g/mol. The topological polar surface area (TPSA) is 35.5 Å². The monoisotopic (exact) mass is 338 g/mol. The van der Waals surface area contributed by atoms with E-state index in [-0.39, 0.29) is 0 Å². The molecule has 1 aliphatic rings. The molecule has 118 valence electrons. The third kappa shape index (κ3) is 3.59. The normalized spacial score (nSPS) is 20.3. The summed E-state index contributed by atoms with van der Waals surface area (Å²) in [6.45, 7) is 8.03. The highest BCUT2D eigenvalue weighted by Gasteiger charge is 2.52. The summed E-state index contributed by atoms with van der Waals surface area (Å²) in [5.74, 6) is 0.486. The van der Waals surface area contributed by atoms with Crippen LogP contribution in [0.15, 0.2) is 23.7 Å². The minimum Gasteiger partial charge on any atom is -0.400 e. The minimum absolute atomic E-state index is 0.401. The number of thiol groups is 1. The molecule has 0 spiro atoms. The average Bonchev–Trinajstić information content (AvgIpc) is 2.64. The molecule has 0 N–H and O–H groups in total. The second-order valence-corrected chi connectivity index (χ2v) is 7.15. The molecular weight excluding hydrogens is 319 g/mol. The van der Waals surface area contributed by atoms with Crippen molar-refractivity contribution in [2.24, 2.45) is 0 Å². The van der Waals surface area contributed by atoms with Crippen molar-refractivity contribution < 1.29 is 14.1 Å². The molecule has 1 aromatic carbocycles. The van der Waals surface area contributed by atoms with E-state index in [4.69, 9.17) is 20.9 Å². The first kappa shape index (κ1) is 17.6. The SMILES string of the molecule is CC1(C)OB(C(=Cc2cc(Cl)cc(C=O)c2)CS)OC1(C)C. The van der Waals surface area contributed by atoms with Crippen molar-refractivity contribution in [1.82, 2.24) is 0 Å². The van der Waals surface area contributed by atoms with E-state index in [1.165, 1.54) is 0 Å². The number of hydrogen-bond acceptors (Lipinski definition) is 4. The third-order valence-electron chi connectivity index (χ3n) is 4.17. The van der Waals surface area contributed by atoms with Gasteiger partial charge in [0.15, 0.2) is 0 Å². The second-order valence-electron chi connectivity index (χ2n) is 6.40. The maximum absolute atomic E-state index is 10.9. The predicted octanol–water partition coefficient (Wildman–Crippen LogP) is 4.10. The minimum atomic E-state index is -0.457. The molecule has 0 unspecified atom stereocenters. The van der Waals surface area contributed by atoms with Gasteiger partial charge in [-0.3, -0.25) is 4.79 Å². The quantitative estimate of drug-likeness (QED) is 0.510. The Morgan fingerprint density at radius 3 is 2.23 bits per heavy atom. The van der Waals surface area contributed by atoms with Gasteiger partial charge >= 0.3 is 7.12 Å². The molecule has 1 aromatic rings. The molecule has 22 heavy (non-hydrogen) atoms. The number of hydrogen-bond donors (Lipinski definition) is 1. The molecule has 3 nitrogen and oxygen atoms in total. The van der Waals surface area contributed by atoms with Gasteiger partial charge in [0.1, 0.15) is 6.29 Å². The Morgan fingerprint density at radius 1 is 1.18 bits per heavy atom. The lowest BCUT2D eigenvalue weighted by atomic mass is 9.78. The fourth-order valence-electron chi connectivity index (χ4n) is 2.18. The van der Waals surface area contributed by atoms with Crippen LogP contribution < -0.4 is 0 Å². The molecule has 0 aliphatic carbocycles. The fraction of sp³-hybridized carbons (Fsp3) is 0.438. The zero-order valence-corrected chi connectivity index (χ0v) is 14.9. The van der Waals surface area contributed by atoms with Crippen molar-refractivity contribution in [2.45, 2.75) is 38.9 Å². The molecule has 0 saturated carbocycles. The number of rotatable bonds is 4. The Labute approximate surface area is 142 Å². The van der Waals surface area contributed by atoms with E-state index >= 15 is 0 Å². The van der Waals surface area contributed by atoms with Crippen molar-refractivity contribution in [3.05, 3.63) is 39.8 Å². The second kappa shape index (κ2) is 6.40. The van der Waals surface area contributed by atoms with Crippen LogP contribution in [0.1, 0.15) is 43.6 Å². The summed E-state index contributed by atoms with van der Waals surface area (Å²) >= 11 is 10.4. The highest BCUT2D eigenvalue weighted by Crippen LogP contribution is 2.39. The Kier molecular flexibility index (Phi) is 5.12. The maximum Gasteiger partial charge on any atom is 0.491 e. The molecule has 0 amide bonds. The molecule has 0 aromatic heterocycles. The Hall–Kier alpha value is -0.745. The van der Waals surface area contributed by atoms with Crippen LogP contribution in [0.4, 0.5) is 0 Å². The lowest BCUT2D eigenvalue weighted by Gasteiger charge is -2.32. The van der Waals surface area contributed by atoms with E-state index in [1.54, 1.807) is 18.2 Å². The molecule has 6 heteroatoms. The Balaban J connectivity index is 2.33. The smallest absolute Gasteiger partial charge is 0.400 e. The first-order valence-corrected chi connectivity index (χ1v) is 8.12. The van der Waals surface area contributed by atoms with Crippen LogP contribution in [0.2, 0.25) is 5.02 Å². The number of aldehydes is 1. The van der Waals surface area contributed by atoms with Gasteiger partial charge in [0, 0.05) is 16.3 Å². The van der Waals surface area contributed by atoms with Crippen LogP contribution in [-0.2, 0) is 9.31 Å². The zero-order valence-electron chi connectivity index (χ0n) is 13.2. The summed E-state index contributed by atoms with van der Waals surface area (Å²) in [6, 6.07) is 5.19. The molecule has 1 fully saturated rings. The molecule has 0 radical (unpaired) electrons. The summed E-state index contributed by atoms with van der Waals surface area (Å²) in [5.41, 5.74) is 1.45. The Bertz CT molecular complexity index is 597. The number of benzene rings is 1. The van der Waals surface area contributed by atoms with Crippen molar-refractivity contribution in [3.8, 4) is 0 Å². The number of carbonyl (C=O) groups excluding carboxylic acids is 1. The first-order chi connectivity index (χ1) is 10.2. The lowest BCUT2D eigenvalue weighted by molar-refractivity contribution is 0.00578. The summed E-state index contributed by atoms with van der Waals surface area (Å²) in [6.07, 6.45) is 2.69. The van der Waals surface area contributed by atoms with Crippen LogP contribution in [0.3, 0.4) is 0 Å². The van der Waals surface area contributed by atoms with Gasteiger partial charge in [-0.1, -0.05) is 17.7 Å². The van der Waals surface area contributed by atoms with E-state index < -0.39 is 18.3 Å². The van der Waals surface area contributed by atoms with E-state index in [1.807, 2.05) is 33.8 Å². The highest BCUT2D eigenvalue weighted by atomic mass is 35.5. The molecule has 1 aliphatic heterocycles. The third-order valence-corrected chi connectivity index (χ3v) is 4.75. The van der Waals surface area contributed by atoms with Gasteiger partial charge in [-0.15, -0.1) is 0 Å². The van der Waals surface area contributed by atoms with E-state index in [0.717, 1.165) is 17.3 Å². The lowest BCUT2D eigenvalue weighted by Crippen LogP contribution is -2.41. The summed E-state index contributed by atoms with van der Waals surface area (Å²) in [5, 5.41) is 0.517. The van der Waals surface area contributed by atoms with Gasteiger partial charge < -0.3 is 9.31 Å². The van der Waals surface area contributed by atoms with Crippen LogP contribution in [0.25, 0.3) is 6.08 Å². The van der Waals surface area contributed by atoms with Crippen molar-refractivity contribution >= 4 is 43.7 Å². The molecular formula is C16H20BClO3S. The maximum atomic E-state index is 10.9. The molecule has 0 atom stereocenters. The van der Waals surface area contributed by atoms with Crippen molar-refractivity contribution in [2.75, 3.05) is 5.75 Å². The van der Waals surface area contributed by atoms with Gasteiger partial charge in [0.2, 0.25) is 0 Å². The van der Waals surface area contributed by atoms with E-state index in [0.29, 0.717) is 16.3 Å². The van der Waals surface area contributed by atoms with Crippen LogP contribution in [0.5, 0.6) is 0 Å². The predicted molar refractivity (Wildman–Crippen MR) is 94.8 cm³/mol. The molecule has 0 bridgehead atoms. The zero-order chi connectivity index (χ0) is 16.5. The van der Waals surface area contributed by atoms with Gasteiger partial charge in [-0.25, -0.2) is 0 Å². The van der Waals surface area contributed by atoms with Crippen LogP contribution >= 0.6 is 24.2 Å². The highest BCUT2D eigenvalue weighted by molar-refractivity contribution is 7.80. The van der Waals surface area contributed by atoms with Crippen LogP contribution in [0, 0.1) is 0 Å². The van der Waals surface area contributed by atoms with E-state index in [9.17, 15) is 4.79 Å². The first-order valence-electron chi connectivity index (χ1n) is 7.11. The molecule has 1 saturated heterocycles. The largest absolute Gasteiger partial charge is 0.491 e. The van der Waals surface area contributed by atoms with Gasteiger partial charge in [0.25, 0.3) is 0 Å². The van der Waals surface area contributed by atoms with Crippen molar-refractivity contribution in [1.29, 1.82) is 0 Å². The van der Waals surface area contributed by atoms with Crippen LogP contribution in [-0.4, -0.2) is 30.4 Å². The molecule has 1 heterocycles. The van der Waals surface area contributed by atoms with Gasteiger partial charge in [-0.05, 0) is 56.9 Å². The van der Waals surface area contributed by atoms with Gasteiger partial charge in [-0.2, -0.15) is 12.6 Å². The number of halogens is 1. The summed E-state index contributed by atoms with van der Waals surface area (Å²) < 4.78 is 12.1. The van der Waals surface area contributed by atoms with E-state index in [2.05, 4.69) is 12.6 Å². The fourth-order valence-corrected chi connectivity index (χ4v) is 2.68. The van der Waals surface area contributed by atoms with Gasteiger partial charge in [0.05, 0.1) is 11.2 Å². The summed E-state index contributed by atoms with van der Waals surface area (Å²) in [4.78, 5) is 10.9. The molecule has 2 rings (SSSR count). The number of carbonyl (C=O) groups is 1. The Morgan fingerprint density at radius 2 is 1.73 bits per heavy atom. The summed E-state index contributed by atoms with van der Waals surface area (Å²) in [7, 11) is -0.457.